The number of aliphatic hydroxyl groups excluding tert-OH is 1. The molecule has 0 radical (unpaired) electrons. The Bertz CT molecular complexity index is 326. The number of hydrogen-bond acceptors (Lipinski definition) is 3. The van der Waals surface area contributed by atoms with Gasteiger partial charge in [-0.15, -0.1) is 0 Å². The van der Waals surface area contributed by atoms with Crippen LogP contribution in [-0.2, 0) is 4.79 Å². The van der Waals surface area contributed by atoms with Gasteiger partial charge in [-0.05, 0) is 37.1 Å². The van der Waals surface area contributed by atoms with Crippen molar-refractivity contribution < 1.29 is 19.7 Å². The van der Waals surface area contributed by atoms with Gasteiger partial charge in [0.15, 0.2) is 0 Å². The molecule has 1 atom stereocenters. The highest BCUT2D eigenvalue weighted by atomic mass is 16.6. The number of ether oxygens (including phenoxy) is 1. The smallest absolute Gasteiger partial charge is 0.373 e. The van der Waals surface area contributed by atoms with Crippen molar-refractivity contribution in [3.05, 3.63) is 29.3 Å². The van der Waals surface area contributed by atoms with Gasteiger partial charge in [0.05, 0.1) is 0 Å². The lowest BCUT2D eigenvalue weighted by atomic mass is 10.1. The number of rotatable bonds is 3. The topological polar surface area (TPSA) is 66.8 Å². The molecule has 0 spiro atoms. The van der Waals surface area contributed by atoms with Crippen molar-refractivity contribution in [2.75, 3.05) is 0 Å². The largest absolute Gasteiger partial charge is 0.477 e. The molecule has 1 rings (SSSR count). The molecule has 1 aromatic rings. The number of aryl methyl sites for hydroxylation is 2. The summed E-state index contributed by atoms with van der Waals surface area (Å²) in [6, 6.07) is 5.26. The van der Waals surface area contributed by atoms with Gasteiger partial charge in [0.25, 0.3) is 6.29 Å². The fourth-order valence-electron chi connectivity index (χ4n) is 1.18. The number of aliphatic hydroxyl groups is 1. The van der Waals surface area contributed by atoms with Crippen LogP contribution in [0.4, 0.5) is 0 Å². The van der Waals surface area contributed by atoms with Crippen LogP contribution in [0.1, 0.15) is 11.1 Å². The van der Waals surface area contributed by atoms with Gasteiger partial charge in [-0.1, -0.05) is 6.07 Å². The molecule has 0 aliphatic carbocycles. The normalized spacial score (nSPS) is 12.2. The molecule has 0 saturated carbocycles. The van der Waals surface area contributed by atoms with E-state index in [1.807, 2.05) is 19.9 Å². The Morgan fingerprint density at radius 3 is 2.21 bits per heavy atom. The van der Waals surface area contributed by atoms with Crippen molar-refractivity contribution in [3.8, 4) is 5.75 Å². The molecule has 0 amide bonds. The van der Waals surface area contributed by atoms with Crippen molar-refractivity contribution in [3.63, 3.8) is 0 Å². The zero-order chi connectivity index (χ0) is 10.7. The number of aliphatic carboxylic acids is 1. The molecular formula is C10H12O4. The minimum Gasteiger partial charge on any atom is -0.477 e. The summed E-state index contributed by atoms with van der Waals surface area (Å²) in [5.41, 5.74) is 1.91. The summed E-state index contributed by atoms with van der Waals surface area (Å²) < 4.78 is 4.79. The molecule has 0 saturated heterocycles. The van der Waals surface area contributed by atoms with Gasteiger partial charge in [-0.25, -0.2) is 4.79 Å². The molecule has 76 valence electrons. The molecule has 1 unspecified atom stereocenters. The van der Waals surface area contributed by atoms with Crippen molar-refractivity contribution in [2.45, 2.75) is 20.1 Å². The monoisotopic (exact) mass is 196 g/mol. The van der Waals surface area contributed by atoms with Gasteiger partial charge < -0.3 is 14.9 Å². The maximum absolute atomic E-state index is 10.3. The van der Waals surface area contributed by atoms with E-state index in [-0.39, 0.29) is 0 Å². The Kier molecular flexibility index (Phi) is 3.09. The molecular weight excluding hydrogens is 184 g/mol. The van der Waals surface area contributed by atoms with Crippen LogP contribution in [0, 0.1) is 13.8 Å². The standard InChI is InChI=1S/C10H12O4/c1-6-3-7(2)5-8(4-6)14-10(13)9(11)12/h3-5,10,13H,1-2H3,(H,11,12). The van der Waals surface area contributed by atoms with Crippen LogP contribution in [0.15, 0.2) is 18.2 Å². The van der Waals surface area contributed by atoms with Crippen molar-refractivity contribution in [1.82, 2.24) is 0 Å². The Labute approximate surface area is 81.8 Å². The molecule has 0 heterocycles. The zero-order valence-electron chi connectivity index (χ0n) is 8.02. The molecule has 4 nitrogen and oxygen atoms in total. The summed E-state index contributed by atoms with van der Waals surface area (Å²) in [7, 11) is 0. The first kappa shape index (κ1) is 10.5. The van der Waals surface area contributed by atoms with Gasteiger partial charge in [-0.3, -0.25) is 0 Å². The third kappa shape index (κ3) is 2.74. The summed E-state index contributed by atoms with van der Waals surface area (Å²) >= 11 is 0. The predicted molar refractivity (Wildman–Crippen MR) is 50.2 cm³/mol. The van der Waals surface area contributed by atoms with E-state index in [2.05, 4.69) is 0 Å². The second kappa shape index (κ2) is 4.11. The molecule has 0 aliphatic heterocycles. The molecule has 2 N–H and O–H groups in total. The lowest BCUT2D eigenvalue weighted by Gasteiger charge is -2.10. The Morgan fingerprint density at radius 2 is 1.79 bits per heavy atom. The number of hydrogen-bond donors (Lipinski definition) is 2. The zero-order valence-corrected chi connectivity index (χ0v) is 8.02. The Morgan fingerprint density at radius 1 is 1.29 bits per heavy atom. The summed E-state index contributed by atoms with van der Waals surface area (Å²) in [6.45, 7) is 3.74. The fourth-order valence-corrected chi connectivity index (χ4v) is 1.18. The lowest BCUT2D eigenvalue weighted by Crippen LogP contribution is -2.26. The number of carboxylic acid groups (broad SMARTS) is 1. The van der Waals surface area contributed by atoms with Crippen LogP contribution in [0.25, 0.3) is 0 Å². The van der Waals surface area contributed by atoms with Crippen LogP contribution in [-0.4, -0.2) is 22.5 Å². The summed E-state index contributed by atoms with van der Waals surface area (Å²) in [6.07, 6.45) is -1.81. The lowest BCUT2D eigenvalue weighted by molar-refractivity contribution is -0.162. The SMILES string of the molecule is Cc1cc(C)cc(OC(O)C(=O)O)c1. The van der Waals surface area contributed by atoms with Crippen LogP contribution < -0.4 is 4.74 Å². The molecule has 14 heavy (non-hydrogen) atoms. The Balaban J connectivity index is 2.81. The maximum Gasteiger partial charge on any atom is 0.373 e. The van der Waals surface area contributed by atoms with Gasteiger partial charge in [0.2, 0.25) is 0 Å². The van der Waals surface area contributed by atoms with E-state index in [9.17, 15) is 4.79 Å². The minimum absolute atomic E-state index is 0.359. The number of benzene rings is 1. The van der Waals surface area contributed by atoms with Gasteiger partial charge in [-0.2, -0.15) is 0 Å². The molecule has 1 aromatic carbocycles. The van der Waals surface area contributed by atoms with Gasteiger partial charge in [0.1, 0.15) is 5.75 Å². The first-order valence-electron chi connectivity index (χ1n) is 4.15. The maximum atomic E-state index is 10.3. The van der Waals surface area contributed by atoms with Gasteiger partial charge >= 0.3 is 5.97 Å². The van der Waals surface area contributed by atoms with Crippen LogP contribution >= 0.6 is 0 Å². The molecule has 0 fully saturated rings. The summed E-state index contributed by atoms with van der Waals surface area (Å²) in [5, 5.41) is 17.3. The van der Waals surface area contributed by atoms with Crippen molar-refractivity contribution in [2.24, 2.45) is 0 Å². The van der Waals surface area contributed by atoms with Crippen molar-refractivity contribution >= 4 is 5.97 Å². The highest BCUT2D eigenvalue weighted by Gasteiger charge is 2.14. The summed E-state index contributed by atoms with van der Waals surface area (Å²) in [5.74, 6) is -1.04. The first-order chi connectivity index (χ1) is 6.49. The average Bonchev–Trinajstić information content (AvgIpc) is 2.01. The molecule has 0 aliphatic rings. The van der Waals surface area contributed by atoms with Gasteiger partial charge in [0, 0.05) is 0 Å². The Hall–Kier alpha value is -1.55. The van der Waals surface area contributed by atoms with E-state index >= 15 is 0 Å². The van der Waals surface area contributed by atoms with E-state index in [0.717, 1.165) is 11.1 Å². The van der Waals surface area contributed by atoms with Crippen molar-refractivity contribution in [1.29, 1.82) is 0 Å². The fraction of sp³-hybridized carbons (Fsp3) is 0.300. The average molecular weight is 196 g/mol. The van der Waals surface area contributed by atoms with Crippen LogP contribution in [0.5, 0.6) is 5.75 Å². The molecule has 0 aromatic heterocycles. The van der Waals surface area contributed by atoms with E-state index in [4.69, 9.17) is 14.9 Å². The summed E-state index contributed by atoms with van der Waals surface area (Å²) in [4.78, 5) is 10.3. The third-order valence-electron chi connectivity index (χ3n) is 1.65. The van der Waals surface area contributed by atoms with Crippen LogP contribution in [0.3, 0.4) is 0 Å². The third-order valence-corrected chi connectivity index (χ3v) is 1.65. The van der Waals surface area contributed by atoms with E-state index in [1.165, 1.54) is 0 Å². The van der Waals surface area contributed by atoms with E-state index < -0.39 is 12.3 Å². The molecule has 4 heteroatoms. The number of carbonyl (C=O) groups is 1. The quantitative estimate of drug-likeness (QED) is 0.710. The number of carboxylic acids is 1. The highest BCUT2D eigenvalue weighted by molar-refractivity contribution is 5.70. The molecule has 0 bridgehead atoms. The first-order valence-corrected chi connectivity index (χ1v) is 4.15. The van der Waals surface area contributed by atoms with E-state index in [1.54, 1.807) is 12.1 Å². The van der Waals surface area contributed by atoms with Crippen LogP contribution in [0.2, 0.25) is 0 Å². The minimum atomic E-state index is -1.81. The highest BCUT2D eigenvalue weighted by Crippen LogP contribution is 2.17. The predicted octanol–water partition coefficient (Wildman–Crippen LogP) is 1.09. The van der Waals surface area contributed by atoms with E-state index in [0.29, 0.717) is 5.75 Å². The second-order valence-electron chi connectivity index (χ2n) is 3.13. The second-order valence-corrected chi connectivity index (χ2v) is 3.13.